The van der Waals surface area contributed by atoms with Crippen LogP contribution in [-0.2, 0) is 9.53 Å². The van der Waals surface area contributed by atoms with Gasteiger partial charge in [0.05, 0.1) is 31.3 Å². The van der Waals surface area contributed by atoms with E-state index in [9.17, 15) is 19.3 Å². The number of halogens is 1. The number of benzene rings is 1. The third kappa shape index (κ3) is 3.62. The van der Waals surface area contributed by atoms with Crippen LogP contribution < -0.4 is 10.5 Å². The zero-order valence-electron chi connectivity index (χ0n) is 13.5. The van der Waals surface area contributed by atoms with Crippen LogP contribution in [0.2, 0.25) is 0 Å². The molecule has 0 aromatic heterocycles. The predicted molar refractivity (Wildman–Crippen MR) is 83.4 cm³/mol. The second-order valence-corrected chi connectivity index (χ2v) is 5.59. The van der Waals surface area contributed by atoms with Gasteiger partial charge in [0.2, 0.25) is 11.7 Å². The largest absolute Gasteiger partial charge is 0.496 e. The molecule has 0 aliphatic carbocycles. The number of nitro benzene ring substituents is 1. The first-order valence-electron chi connectivity index (χ1n) is 7.49. The molecule has 8 nitrogen and oxygen atoms in total. The summed E-state index contributed by atoms with van der Waals surface area (Å²) in [7, 11) is 1.34. The molecule has 1 saturated heterocycles. The third-order valence-corrected chi connectivity index (χ3v) is 4.19. The van der Waals surface area contributed by atoms with E-state index in [-0.39, 0.29) is 5.75 Å². The molecule has 0 saturated carbocycles. The fraction of sp³-hybridized carbons (Fsp3) is 0.533. The lowest BCUT2D eigenvalue weighted by molar-refractivity contribution is -0.387. The topological polar surface area (TPSA) is 108 Å². The summed E-state index contributed by atoms with van der Waals surface area (Å²) in [5.41, 5.74) is 5.25. The van der Waals surface area contributed by atoms with E-state index in [1.807, 2.05) is 4.90 Å². The molecule has 132 valence electrons. The maximum atomic E-state index is 13.8. The van der Waals surface area contributed by atoms with Crippen molar-refractivity contribution in [3.8, 4) is 5.75 Å². The van der Waals surface area contributed by atoms with Crippen LogP contribution in [0.4, 0.5) is 10.1 Å². The minimum atomic E-state index is -0.991. The summed E-state index contributed by atoms with van der Waals surface area (Å²) < 4.78 is 24.2. The lowest BCUT2D eigenvalue weighted by Gasteiger charge is -2.36. The normalized spacial score (nSPS) is 18.0. The minimum absolute atomic E-state index is 0.144. The van der Waals surface area contributed by atoms with Gasteiger partial charge in [-0.1, -0.05) is 6.92 Å². The zero-order valence-corrected chi connectivity index (χ0v) is 13.5. The molecule has 0 spiro atoms. The Labute approximate surface area is 138 Å². The Balaban J connectivity index is 2.44. The Bertz CT molecular complexity index is 634. The molecule has 1 aromatic carbocycles. The van der Waals surface area contributed by atoms with Crippen LogP contribution in [0, 0.1) is 15.9 Å². The Morgan fingerprint density at radius 3 is 2.58 bits per heavy atom. The molecule has 9 heteroatoms. The number of carbonyl (C=O) groups is 1. The van der Waals surface area contributed by atoms with E-state index >= 15 is 0 Å². The van der Waals surface area contributed by atoms with Crippen LogP contribution >= 0.6 is 0 Å². The van der Waals surface area contributed by atoms with Gasteiger partial charge in [-0.2, -0.15) is 4.39 Å². The van der Waals surface area contributed by atoms with Crippen molar-refractivity contribution in [1.29, 1.82) is 0 Å². The van der Waals surface area contributed by atoms with Gasteiger partial charge in [0.25, 0.3) is 0 Å². The first-order valence-corrected chi connectivity index (χ1v) is 7.49. The first kappa shape index (κ1) is 18.1. The highest BCUT2D eigenvalue weighted by Crippen LogP contribution is 2.35. The number of nitrogens with zero attached hydrogens (tertiary/aromatic N) is 2. The average Bonchev–Trinajstić information content (AvgIpc) is 2.54. The van der Waals surface area contributed by atoms with Gasteiger partial charge in [0, 0.05) is 36.7 Å². The highest BCUT2D eigenvalue weighted by molar-refractivity contribution is 5.81. The van der Waals surface area contributed by atoms with Crippen molar-refractivity contribution in [2.24, 2.45) is 5.73 Å². The molecule has 1 aliphatic rings. The zero-order chi connectivity index (χ0) is 17.9. The smallest absolute Gasteiger partial charge is 0.305 e. The fourth-order valence-electron chi connectivity index (χ4n) is 3.00. The molecule has 1 aromatic rings. The van der Waals surface area contributed by atoms with Crippen LogP contribution in [-0.4, -0.2) is 55.2 Å². The summed E-state index contributed by atoms with van der Waals surface area (Å²) in [6, 6.07) is 1.36. The van der Waals surface area contributed by atoms with E-state index in [2.05, 4.69) is 0 Å². The van der Waals surface area contributed by atoms with Crippen LogP contribution in [0.3, 0.4) is 0 Å². The van der Waals surface area contributed by atoms with Gasteiger partial charge in [-0.05, 0) is 0 Å². The minimum Gasteiger partial charge on any atom is -0.496 e. The standard InChI is InChI=1S/C15H20FN3O5/c1-9(14(15(17)20)18-3-5-24-6-4-18)10-7-12(19(21)22)11(16)8-13(10)23-2/h7-9,14H,3-6H2,1-2H3,(H2,17,20). The first-order chi connectivity index (χ1) is 11.4. The maximum Gasteiger partial charge on any atom is 0.305 e. The lowest BCUT2D eigenvalue weighted by Crippen LogP contribution is -2.52. The highest BCUT2D eigenvalue weighted by atomic mass is 19.1. The summed E-state index contributed by atoms with van der Waals surface area (Å²) in [6.07, 6.45) is 0. The van der Waals surface area contributed by atoms with Crippen LogP contribution in [0.1, 0.15) is 18.4 Å². The van der Waals surface area contributed by atoms with Gasteiger partial charge in [-0.15, -0.1) is 0 Å². The Hall–Kier alpha value is -2.26. The molecule has 1 fully saturated rings. The van der Waals surface area contributed by atoms with Gasteiger partial charge in [-0.3, -0.25) is 19.8 Å². The molecular weight excluding hydrogens is 321 g/mol. The van der Waals surface area contributed by atoms with Crippen molar-refractivity contribution >= 4 is 11.6 Å². The van der Waals surface area contributed by atoms with Gasteiger partial charge in [0.1, 0.15) is 5.75 Å². The van der Waals surface area contributed by atoms with E-state index in [1.165, 1.54) is 7.11 Å². The number of nitrogens with two attached hydrogens (primary N) is 1. The Morgan fingerprint density at radius 2 is 2.08 bits per heavy atom. The molecule has 24 heavy (non-hydrogen) atoms. The van der Waals surface area contributed by atoms with Crippen molar-refractivity contribution < 1.29 is 23.6 Å². The number of hydrogen-bond acceptors (Lipinski definition) is 6. The summed E-state index contributed by atoms with van der Waals surface area (Å²) >= 11 is 0. The van der Waals surface area contributed by atoms with Crippen LogP contribution in [0.15, 0.2) is 12.1 Å². The van der Waals surface area contributed by atoms with Crippen LogP contribution in [0.5, 0.6) is 5.75 Å². The third-order valence-electron chi connectivity index (χ3n) is 4.19. The van der Waals surface area contributed by atoms with E-state index in [0.717, 1.165) is 12.1 Å². The number of morpholine rings is 1. The molecule has 1 aliphatic heterocycles. The lowest BCUT2D eigenvalue weighted by atomic mass is 9.90. The Morgan fingerprint density at radius 1 is 1.46 bits per heavy atom. The number of rotatable bonds is 6. The molecule has 1 amide bonds. The highest BCUT2D eigenvalue weighted by Gasteiger charge is 2.34. The van der Waals surface area contributed by atoms with Crippen LogP contribution in [0.25, 0.3) is 0 Å². The second kappa shape index (κ2) is 7.54. The van der Waals surface area contributed by atoms with Crippen molar-refractivity contribution in [2.75, 3.05) is 33.4 Å². The van der Waals surface area contributed by atoms with E-state index in [0.29, 0.717) is 31.9 Å². The quantitative estimate of drug-likeness (QED) is 0.612. The van der Waals surface area contributed by atoms with E-state index in [1.54, 1.807) is 6.92 Å². The van der Waals surface area contributed by atoms with Gasteiger partial charge in [0.15, 0.2) is 0 Å². The maximum absolute atomic E-state index is 13.8. The Kier molecular flexibility index (Phi) is 5.68. The van der Waals surface area contributed by atoms with Crippen molar-refractivity contribution in [1.82, 2.24) is 4.90 Å². The molecule has 1 heterocycles. The van der Waals surface area contributed by atoms with Crippen molar-refractivity contribution in [3.05, 3.63) is 33.6 Å². The van der Waals surface area contributed by atoms with Crippen molar-refractivity contribution in [2.45, 2.75) is 18.9 Å². The molecule has 0 bridgehead atoms. The number of ether oxygens (including phenoxy) is 2. The average molecular weight is 341 g/mol. The molecule has 0 radical (unpaired) electrons. The number of primary amides is 1. The molecular formula is C15H20FN3O5. The fourth-order valence-corrected chi connectivity index (χ4v) is 3.00. The van der Waals surface area contributed by atoms with E-state index < -0.39 is 34.3 Å². The van der Waals surface area contributed by atoms with Gasteiger partial charge >= 0.3 is 5.69 Å². The molecule has 2 rings (SSSR count). The second-order valence-electron chi connectivity index (χ2n) is 5.59. The summed E-state index contributed by atoms with van der Waals surface area (Å²) in [4.78, 5) is 24.1. The SMILES string of the molecule is COc1cc(F)c([N+](=O)[O-])cc1C(C)C(C(N)=O)N1CCOCC1. The molecule has 2 N–H and O–H groups in total. The summed E-state index contributed by atoms with van der Waals surface area (Å²) in [5, 5.41) is 11.0. The predicted octanol–water partition coefficient (Wildman–Crippen LogP) is 1.03. The number of amides is 1. The van der Waals surface area contributed by atoms with Gasteiger partial charge in [-0.25, -0.2) is 0 Å². The number of methoxy groups -OCH3 is 1. The monoisotopic (exact) mass is 341 g/mol. The number of carbonyl (C=O) groups excluding carboxylic acids is 1. The molecule has 2 atom stereocenters. The van der Waals surface area contributed by atoms with Crippen molar-refractivity contribution in [3.63, 3.8) is 0 Å². The number of hydrogen-bond donors (Lipinski definition) is 1. The number of nitro groups is 1. The van der Waals surface area contributed by atoms with Gasteiger partial charge < -0.3 is 15.2 Å². The molecule has 2 unspecified atom stereocenters. The van der Waals surface area contributed by atoms with E-state index in [4.69, 9.17) is 15.2 Å². The summed E-state index contributed by atoms with van der Waals surface area (Å²) in [5.74, 6) is -1.92. The summed E-state index contributed by atoms with van der Waals surface area (Å²) in [6.45, 7) is 3.69.